The smallest absolute Gasteiger partial charge is 0.129 e. The van der Waals surface area contributed by atoms with Crippen LogP contribution in [0.1, 0.15) is 29.7 Å². The Bertz CT molecular complexity index is 628. The molecule has 0 spiro atoms. The van der Waals surface area contributed by atoms with Gasteiger partial charge in [0.1, 0.15) is 11.6 Å². The Hall–Kier alpha value is -1.45. The summed E-state index contributed by atoms with van der Waals surface area (Å²) < 4.78 is 26.9. The maximum Gasteiger partial charge on any atom is 0.129 e. The minimum absolute atomic E-state index is 0.0614. The first-order valence-corrected chi connectivity index (χ1v) is 7.33. The van der Waals surface area contributed by atoms with Gasteiger partial charge in [-0.15, -0.1) is 0 Å². The molecule has 0 saturated heterocycles. The van der Waals surface area contributed by atoms with E-state index >= 15 is 0 Å². The summed E-state index contributed by atoms with van der Waals surface area (Å²) in [6, 6.07) is 9.34. The fourth-order valence-corrected chi connectivity index (χ4v) is 2.63. The van der Waals surface area contributed by atoms with Crippen LogP contribution in [-0.2, 0) is 6.42 Å². The third kappa shape index (κ3) is 3.80. The lowest BCUT2D eigenvalue weighted by Gasteiger charge is -2.21. The van der Waals surface area contributed by atoms with Gasteiger partial charge >= 0.3 is 0 Å². The van der Waals surface area contributed by atoms with Crippen LogP contribution in [-0.4, -0.2) is 6.54 Å². The summed E-state index contributed by atoms with van der Waals surface area (Å²) in [5.74, 6) is -1.08. The van der Waals surface area contributed by atoms with Crippen LogP contribution in [0.3, 0.4) is 0 Å². The Kier molecular flexibility index (Phi) is 5.32. The third-order valence-electron chi connectivity index (χ3n) is 3.57. The van der Waals surface area contributed by atoms with Crippen molar-refractivity contribution in [3.05, 3.63) is 69.7 Å². The quantitative estimate of drug-likeness (QED) is 0.835. The monoisotopic (exact) mass is 309 g/mol. The number of likely N-dealkylation sites (N-methyl/N-ethyl adjacent to an activating group) is 1. The molecule has 2 aromatic carbocycles. The second-order valence-corrected chi connectivity index (χ2v) is 5.41. The second-order valence-electron chi connectivity index (χ2n) is 5.00. The molecular weight excluding hydrogens is 292 g/mol. The van der Waals surface area contributed by atoms with Crippen LogP contribution in [0, 0.1) is 18.6 Å². The first-order valence-electron chi connectivity index (χ1n) is 6.95. The first-order chi connectivity index (χ1) is 10.0. The molecule has 0 radical (unpaired) electrons. The zero-order valence-corrected chi connectivity index (χ0v) is 12.8. The zero-order valence-electron chi connectivity index (χ0n) is 12.1. The fourth-order valence-electron chi connectivity index (χ4n) is 2.45. The summed E-state index contributed by atoms with van der Waals surface area (Å²) in [6.07, 6.45) is 0.446. The molecule has 0 aliphatic heterocycles. The predicted octanol–water partition coefficient (Wildman–Crippen LogP) is 4.82. The fraction of sp³-hybridized carbons (Fsp3) is 0.294. The lowest BCUT2D eigenvalue weighted by atomic mass is 9.95. The Balaban J connectivity index is 2.33. The maximum absolute atomic E-state index is 13.9. The van der Waals surface area contributed by atoms with Gasteiger partial charge in [-0.05, 0) is 48.7 Å². The molecule has 0 aromatic heterocycles. The first kappa shape index (κ1) is 15.9. The number of benzene rings is 2. The summed E-state index contributed by atoms with van der Waals surface area (Å²) >= 11 is 6.16. The molecule has 1 N–H and O–H groups in total. The number of hydrogen-bond donors (Lipinski definition) is 1. The van der Waals surface area contributed by atoms with E-state index in [1.54, 1.807) is 0 Å². The molecule has 0 fully saturated rings. The Morgan fingerprint density at radius 1 is 1.19 bits per heavy atom. The SMILES string of the molecule is CCNC(Cc1ccc(F)cc1F)c1cccc(Cl)c1C. The molecule has 1 atom stereocenters. The van der Waals surface area contributed by atoms with Gasteiger partial charge in [-0.1, -0.05) is 36.7 Å². The van der Waals surface area contributed by atoms with E-state index < -0.39 is 11.6 Å². The molecule has 1 unspecified atom stereocenters. The number of halogens is 3. The van der Waals surface area contributed by atoms with Crippen LogP contribution < -0.4 is 5.32 Å². The summed E-state index contributed by atoms with van der Waals surface area (Å²) in [7, 11) is 0. The number of hydrogen-bond acceptors (Lipinski definition) is 1. The van der Waals surface area contributed by atoms with Gasteiger partial charge in [-0.2, -0.15) is 0 Å². The molecule has 0 aliphatic rings. The van der Waals surface area contributed by atoms with Gasteiger partial charge in [-0.3, -0.25) is 0 Å². The zero-order chi connectivity index (χ0) is 15.4. The average Bonchev–Trinajstić information content (AvgIpc) is 2.44. The average molecular weight is 310 g/mol. The molecule has 21 heavy (non-hydrogen) atoms. The predicted molar refractivity (Wildman–Crippen MR) is 82.7 cm³/mol. The van der Waals surface area contributed by atoms with E-state index in [0.29, 0.717) is 17.0 Å². The van der Waals surface area contributed by atoms with Gasteiger partial charge in [0.15, 0.2) is 0 Å². The van der Waals surface area contributed by atoms with E-state index in [2.05, 4.69) is 5.32 Å². The molecule has 0 bridgehead atoms. The highest BCUT2D eigenvalue weighted by molar-refractivity contribution is 6.31. The van der Waals surface area contributed by atoms with Crippen molar-refractivity contribution < 1.29 is 8.78 Å². The van der Waals surface area contributed by atoms with Crippen molar-refractivity contribution in [1.29, 1.82) is 0 Å². The van der Waals surface area contributed by atoms with E-state index in [4.69, 9.17) is 11.6 Å². The van der Waals surface area contributed by atoms with Crippen LogP contribution in [0.25, 0.3) is 0 Å². The summed E-state index contributed by atoms with van der Waals surface area (Å²) in [4.78, 5) is 0. The summed E-state index contributed by atoms with van der Waals surface area (Å²) in [5, 5.41) is 4.03. The van der Waals surface area contributed by atoms with Gasteiger partial charge in [0, 0.05) is 17.1 Å². The van der Waals surface area contributed by atoms with Crippen molar-refractivity contribution in [3.63, 3.8) is 0 Å². The molecule has 112 valence electrons. The van der Waals surface area contributed by atoms with Gasteiger partial charge in [0.2, 0.25) is 0 Å². The molecule has 2 aromatic rings. The highest BCUT2D eigenvalue weighted by Gasteiger charge is 2.17. The normalized spacial score (nSPS) is 12.4. The van der Waals surface area contributed by atoms with E-state index in [-0.39, 0.29) is 6.04 Å². The maximum atomic E-state index is 13.9. The standard InChI is InChI=1S/C17H18ClF2N/c1-3-21-17(14-5-4-6-15(18)11(14)2)9-12-7-8-13(19)10-16(12)20/h4-8,10,17,21H,3,9H2,1-2H3. The highest BCUT2D eigenvalue weighted by atomic mass is 35.5. The molecule has 2 rings (SSSR count). The molecule has 4 heteroatoms. The van der Waals surface area contributed by atoms with Crippen LogP contribution in [0.5, 0.6) is 0 Å². The highest BCUT2D eigenvalue weighted by Crippen LogP contribution is 2.27. The van der Waals surface area contributed by atoms with Crippen LogP contribution in [0.2, 0.25) is 5.02 Å². The minimum atomic E-state index is -0.560. The second kappa shape index (κ2) is 7.01. The topological polar surface area (TPSA) is 12.0 Å². The van der Waals surface area contributed by atoms with Crippen molar-refractivity contribution in [2.45, 2.75) is 26.3 Å². The van der Waals surface area contributed by atoms with Crippen LogP contribution >= 0.6 is 11.6 Å². The van der Waals surface area contributed by atoms with Gasteiger partial charge in [-0.25, -0.2) is 8.78 Å². The lowest BCUT2D eigenvalue weighted by Crippen LogP contribution is -2.24. The van der Waals surface area contributed by atoms with Crippen molar-refractivity contribution >= 4 is 11.6 Å². The lowest BCUT2D eigenvalue weighted by molar-refractivity contribution is 0.519. The van der Waals surface area contributed by atoms with Crippen molar-refractivity contribution in [2.24, 2.45) is 0 Å². The summed E-state index contributed by atoms with van der Waals surface area (Å²) in [5.41, 5.74) is 2.50. The third-order valence-corrected chi connectivity index (χ3v) is 3.98. The van der Waals surface area contributed by atoms with Crippen LogP contribution in [0.4, 0.5) is 8.78 Å². The Labute approximate surface area is 128 Å². The molecule has 0 amide bonds. The molecule has 0 saturated carbocycles. The summed E-state index contributed by atoms with van der Waals surface area (Å²) in [6.45, 7) is 4.69. The van der Waals surface area contributed by atoms with E-state index in [0.717, 1.165) is 23.7 Å². The number of rotatable bonds is 5. The van der Waals surface area contributed by atoms with Crippen molar-refractivity contribution in [2.75, 3.05) is 6.54 Å². The van der Waals surface area contributed by atoms with Crippen molar-refractivity contribution in [1.82, 2.24) is 5.32 Å². The number of nitrogens with one attached hydrogen (secondary N) is 1. The molecule has 0 heterocycles. The largest absolute Gasteiger partial charge is 0.310 e. The van der Waals surface area contributed by atoms with E-state index in [1.807, 2.05) is 32.0 Å². The molecule has 0 aliphatic carbocycles. The van der Waals surface area contributed by atoms with Gasteiger partial charge in [0.05, 0.1) is 0 Å². The minimum Gasteiger partial charge on any atom is -0.310 e. The van der Waals surface area contributed by atoms with Gasteiger partial charge < -0.3 is 5.32 Å². The Morgan fingerprint density at radius 3 is 2.62 bits per heavy atom. The van der Waals surface area contributed by atoms with Crippen molar-refractivity contribution in [3.8, 4) is 0 Å². The van der Waals surface area contributed by atoms with E-state index in [1.165, 1.54) is 12.1 Å². The molecule has 1 nitrogen and oxygen atoms in total. The van der Waals surface area contributed by atoms with Crippen LogP contribution in [0.15, 0.2) is 36.4 Å². The Morgan fingerprint density at radius 2 is 1.95 bits per heavy atom. The van der Waals surface area contributed by atoms with E-state index in [9.17, 15) is 8.78 Å². The van der Waals surface area contributed by atoms with Gasteiger partial charge in [0.25, 0.3) is 0 Å². The molecular formula is C17H18ClF2N.